The van der Waals surface area contributed by atoms with Gasteiger partial charge in [0.25, 0.3) is 5.69 Å². The van der Waals surface area contributed by atoms with E-state index < -0.39 is 4.92 Å². The van der Waals surface area contributed by atoms with Crippen LogP contribution in [0.2, 0.25) is 0 Å². The standard InChI is InChI=1S/C21H18N6O3S/c28-19(22-17-8-10-18(11-9-17)27(29)30)15-31-21-24-23-20(25-12-4-5-13-25)26(21)14-16-6-2-1-3-7-16/h1-13H,14-15H2,(H,22,28). The fourth-order valence-electron chi connectivity index (χ4n) is 2.94. The van der Waals surface area contributed by atoms with Gasteiger partial charge in [-0.2, -0.15) is 0 Å². The second-order valence-electron chi connectivity index (χ2n) is 6.59. The number of benzene rings is 2. The highest BCUT2D eigenvalue weighted by Gasteiger charge is 2.16. The zero-order valence-corrected chi connectivity index (χ0v) is 17.1. The van der Waals surface area contributed by atoms with Gasteiger partial charge < -0.3 is 5.32 Å². The highest BCUT2D eigenvalue weighted by Crippen LogP contribution is 2.22. The Kier molecular flexibility index (Phi) is 6.08. The van der Waals surface area contributed by atoms with Gasteiger partial charge in [0.15, 0.2) is 5.16 Å². The molecule has 10 heteroatoms. The molecule has 31 heavy (non-hydrogen) atoms. The van der Waals surface area contributed by atoms with Crippen molar-refractivity contribution in [1.82, 2.24) is 19.3 Å². The van der Waals surface area contributed by atoms with Crippen LogP contribution in [0.1, 0.15) is 5.56 Å². The van der Waals surface area contributed by atoms with Gasteiger partial charge >= 0.3 is 0 Å². The molecule has 4 aromatic rings. The van der Waals surface area contributed by atoms with Crippen LogP contribution in [0.15, 0.2) is 84.3 Å². The Morgan fingerprint density at radius 2 is 1.71 bits per heavy atom. The summed E-state index contributed by atoms with van der Waals surface area (Å²) in [5.41, 5.74) is 1.56. The number of non-ortho nitro benzene ring substituents is 1. The lowest BCUT2D eigenvalue weighted by molar-refractivity contribution is -0.384. The molecule has 0 bridgehead atoms. The molecule has 0 radical (unpaired) electrons. The fourth-order valence-corrected chi connectivity index (χ4v) is 3.68. The number of hydrogen-bond donors (Lipinski definition) is 1. The maximum atomic E-state index is 12.4. The van der Waals surface area contributed by atoms with Gasteiger partial charge in [0.2, 0.25) is 11.9 Å². The molecule has 2 aromatic heterocycles. The van der Waals surface area contributed by atoms with Crippen LogP contribution in [0.25, 0.3) is 5.95 Å². The highest BCUT2D eigenvalue weighted by atomic mass is 32.2. The third kappa shape index (κ3) is 4.98. The SMILES string of the molecule is O=C(CSc1nnc(-n2cccc2)n1Cc1ccccc1)Nc1ccc([N+](=O)[O-])cc1. The Bertz CT molecular complexity index is 1170. The quantitative estimate of drug-likeness (QED) is 0.257. The number of anilines is 1. The van der Waals surface area contributed by atoms with Crippen LogP contribution in [0.3, 0.4) is 0 Å². The summed E-state index contributed by atoms with van der Waals surface area (Å²) in [4.78, 5) is 22.6. The average molecular weight is 434 g/mol. The molecule has 156 valence electrons. The van der Waals surface area contributed by atoms with E-state index in [2.05, 4.69) is 15.5 Å². The summed E-state index contributed by atoms with van der Waals surface area (Å²) in [5.74, 6) is 0.540. The van der Waals surface area contributed by atoms with Crippen LogP contribution >= 0.6 is 11.8 Å². The first-order valence-corrected chi connectivity index (χ1v) is 10.4. The summed E-state index contributed by atoms with van der Waals surface area (Å²) in [7, 11) is 0. The van der Waals surface area contributed by atoms with Gasteiger partial charge in [-0.1, -0.05) is 42.1 Å². The molecule has 4 rings (SSSR count). The van der Waals surface area contributed by atoms with Crippen molar-refractivity contribution in [3.05, 3.63) is 94.8 Å². The molecule has 0 spiro atoms. The molecule has 1 amide bonds. The van der Waals surface area contributed by atoms with Crippen molar-refractivity contribution in [3.8, 4) is 5.95 Å². The number of thioether (sulfide) groups is 1. The van der Waals surface area contributed by atoms with Crippen molar-refractivity contribution < 1.29 is 9.72 Å². The highest BCUT2D eigenvalue weighted by molar-refractivity contribution is 7.99. The van der Waals surface area contributed by atoms with Crippen molar-refractivity contribution in [1.29, 1.82) is 0 Å². The monoisotopic (exact) mass is 434 g/mol. The van der Waals surface area contributed by atoms with E-state index in [1.165, 1.54) is 36.0 Å². The van der Waals surface area contributed by atoms with Crippen molar-refractivity contribution in [2.24, 2.45) is 0 Å². The topological polar surface area (TPSA) is 108 Å². The lowest BCUT2D eigenvalue weighted by Crippen LogP contribution is -2.15. The number of nitrogens with one attached hydrogen (secondary N) is 1. The largest absolute Gasteiger partial charge is 0.325 e. The second kappa shape index (κ2) is 9.26. The molecule has 0 saturated carbocycles. The summed E-state index contributed by atoms with van der Waals surface area (Å²) >= 11 is 1.28. The fraction of sp³-hybridized carbons (Fsp3) is 0.0952. The molecule has 9 nitrogen and oxygen atoms in total. The molecule has 0 aliphatic carbocycles. The average Bonchev–Trinajstić information content (AvgIpc) is 3.43. The van der Waals surface area contributed by atoms with E-state index in [1.807, 2.05) is 64.0 Å². The molecular formula is C21H18N6O3S. The lowest BCUT2D eigenvalue weighted by atomic mass is 10.2. The smallest absolute Gasteiger partial charge is 0.269 e. The molecule has 0 atom stereocenters. The van der Waals surface area contributed by atoms with Crippen LogP contribution in [-0.2, 0) is 11.3 Å². The second-order valence-corrected chi connectivity index (χ2v) is 7.53. The molecule has 2 aromatic carbocycles. The van der Waals surface area contributed by atoms with Crippen molar-refractivity contribution >= 4 is 29.0 Å². The normalized spacial score (nSPS) is 10.7. The summed E-state index contributed by atoms with van der Waals surface area (Å²) in [6, 6.07) is 19.5. The third-order valence-corrected chi connectivity index (χ3v) is 5.38. The van der Waals surface area contributed by atoms with E-state index in [9.17, 15) is 14.9 Å². The number of rotatable bonds is 8. The molecule has 2 heterocycles. The summed E-state index contributed by atoms with van der Waals surface area (Å²) in [6.45, 7) is 0.563. The third-order valence-electron chi connectivity index (χ3n) is 4.41. The Hall–Kier alpha value is -3.92. The van der Waals surface area contributed by atoms with Gasteiger partial charge in [0.05, 0.1) is 17.2 Å². The van der Waals surface area contributed by atoms with Crippen LogP contribution in [0, 0.1) is 10.1 Å². The molecule has 1 N–H and O–H groups in total. The number of amides is 1. The predicted molar refractivity (Wildman–Crippen MR) is 117 cm³/mol. The van der Waals surface area contributed by atoms with Gasteiger partial charge in [0.1, 0.15) is 0 Å². The number of carbonyl (C=O) groups excluding carboxylic acids is 1. The molecule has 0 fully saturated rings. The lowest BCUT2D eigenvalue weighted by Gasteiger charge is -2.11. The first kappa shape index (κ1) is 20.4. The minimum Gasteiger partial charge on any atom is -0.325 e. The first-order valence-electron chi connectivity index (χ1n) is 9.38. The molecule has 0 aliphatic rings. The summed E-state index contributed by atoms with van der Waals surface area (Å²) < 4.78 is 3.83. The van der Waals surface area contributed by atoms with E-state index in [1.54, 1.807) is 0 Å². The van der Waals surface area contributed by atoms with E-state index in [-0.39, 0.29) is 17.3 Å². The maximum absolute atomic E-state index is 12.4. The summed E-state index contributed by atoms with van der Waals surface area (Å²) in [5, 5.41) is 22.7. The van der Waals surface area contributed by atoms with Gasteiger partial charge in [-0.15, -0.1) is 10.2 Å². The minimum atomic E-state index is -0.483. The molecular weight excluding hydrogens is 416 g/mol. The Morgan fingerprint density at radius 3 is 2.39 bits per heavy atom. The van der Waals surface area contributed by atoms with Crippen LogP contribution in [0.4, 0.5) is 11.4 Å². The van der Waals surface area contributed by atoms with Gasteiger partial charge in [-0.3, -0.25) is 24.0 Å². The number of nitro groups is 1. The van der Waals surface area contributed by atoms with Gasteiger partial charge in [-0.05, 0) is 29.8 Å². The van der Waals surface area contributed by atoms with Crippen molar-refractivity contribution in [3.63, 3.8) is 0 Å². The predicted octanol–water partition coefficient (Wildman–Crippen LogP) is 3.76. The van der Waals surface area contributed by atoms with E-state index in [0.29, 0.717) is 23.3 Å². The zero-order chi connectivity index (χ0) is 21.6. The van der Waals surface area contributed by atoms with Crippen molar-refractivity contribution in [2.45, 2.75) is 11.7 Å². The summed E-state index contributed by atoms with van der Waals surface area (Å²) in [6.07, 6.45) is 3.78. The van der Waals surface area contributed by atoms with E-state index in [4.69, 9.17) is 0 Å². The number of hydrogen-bond acceptors (Lipinski definition) is 6. The number of carbonyl (C=O) groups is 1. The number of aromatic nitrogens is 4. The molecule has 0 unspecified atom stereocenters. The maximum Gasteiger partial charge on any atom is 0.269 e. The Labute approximate surface area is 181 Å². The molecule has 0 saturated heterocycles. The van der Waals surface area contributed by atoms with E-state index >= 15 is 0 Å². The Balaban J connectivity index is 1.47. The number of nitrogens with zero attached hydrogens (tertiary/aromatic N) is 5. The van der Waals surface area contributed by atoms with Crippen LogP contribution in [0.5, 0.6) is 0 Å². The number of nitro benzene ring substituents is 1. The van der Waals surface area contributed by atoms with Gasteiger partial charge in [0, 0.05) is 30.2 Å². The van der Waals surface area contributed by atoms with Crippen LogP contribution in [-0.4, -0.2) is 35.9 Å². The Morgan fingerprint density at radius 1 is 1.00 bits per heavy atom. The van der Waals surface area contributed by atoms with Gasteiger partial charge in [-0.25, -0.2) is 0 Å². The van der Waals surface area contributed by atoms with Crippen LogP contribution < -0.4 is 5.32 Å². The first-order chi connectivity index (χ1) is 15.1. The van der Waals surface area contributed by atoms with Crippen molar-refractivity contribution in [2.75, 3.05) is 11.1 Å². The minimum absolute atomic E-state index is 0.0288. The van der Waals surface area contributed by atoms with E-state index in [0.717, 1.165) is 5.56 Å². The zero-order valence-electron chi connectivity index (χ0n) is 16.3. The molecule has 0 aliphatic heterocycles.